The molecule has 2 heterocycles. The highest BCUT2D eigenvalue weighted by atomic mass is 35.5. The molecule has 9 heteroatoms. The number of nitrogens with one attached hydrogen (secondary N) is 3. The predicted molar refractivity (Wildman–Crippen MR) is 121 cm³/mol. The second-order valence-corrected chi connectivity index (χ2v) is 8.08. The number of oxazole rings is 1. The first kappa shape index (κ1) is 20.3. The monoisotopic (exact) mass is 449 g/mol. The van der Waals surface area contributed by atoms with Gasteiger partial charge in [0.1, 0.15) is 11.6 Å². The van der Waals surface area contributed by atoms with Crippen molar-refractivity contribution in [2.75, 3.05) is 12.4 Å². The van der Waals surface area contributed by atoms with Gasteiger partial charge in [0.05, 0.1) is 5.92 Å². The highest BCUT2D eigenvalue weighted by Crippen LogP contribution is 2.40. The summed E-state index contributed by atoms with van der Waals surface area (Å²) in [6, 6.07) is 14.4. The lowest BCUT2D eigenvalue weighted by atomic mass is 9.80. The number of allylic oxidation sites excluding steroid dienone is 1. The molecule has 3 aromatic rings. The summed E-state index contributed by atoms with van der Waals surface area (Å²) >= 11 is 6.46. The van der Waals surface area contributed by atoms with Gasteiger partial charge in [-0.3, -0.25) is 14.9 Å². The van der Waals surface area contributed by atoms with Crippen molar-refractivity contribution < 1.29 is 14.0 Å². The first-order valence-electron chi connectivity index (χ1n) is 10.2. The Morgan fingerprint density at radius 1 is 1.16 bits per heavy atom. The van der Waals surface area contributed by atoms with Crippen LogP contribution in [0.4, 0.5) is 6.01 Å². The molecule has 162 valence electrons. The number of hydrogen-bond acceptors (Lipinski definition) is 7. The van der Waals surface area contributed by atoms with Crippen molar-refractivity contribution in [2.45, 2.75) is 18.9 Å². The van der Waals surface area contributed by atoms with E-state index in [1.165, 1.54) is 0 Å². The second kappa shape index (κ2) is 8.12. The quantitative estimate of drug-likeness (QED) is 0.564. The summed E-state index contributed by atoms with van der Waals surface area (Å²) in [5.74, 6) is -0.376. The van der Waals surface area contributed by atoms with Gasteiger partial charge < -0.3 is 15.1 Å². The third kappa shape index (κ3) is 3.62. The van der Waals surface area contributed by atoms with Crippen molar-refractivity contribution in [1.29, 1.82) is 0 Å². The summed E-state index contributed by atoms with van der Waals surface area (Å²) in [5.41, 5.74) is 3.24. The zero-order valence-corrected chi connectivity index (χ0v) is 17.9. The summed E-state index contributed by atoms with van der Waals surface area (Å²) in [4.78, 5) is 34.5. The molecule has 0 saturated carbocycles. The Bertz CT molecular complexity index is 1260. The van der Waals surface area contributed by atoms with Crippen molar-refractivity contribution in [3.05, 3.63) is 70.4 Å². The average molecular weight is 450 g/mol. The third-order valence-electron chi connectivity index (χ3n) is 5.64. The van der Waals surface area contributed by atoms with Gasteiger partial charge in [0.2, 0.25) is 11.9 Å². The van der Waals surface area contributed by atoms with E-state index < -0.39 is 12.0 Å². The van der Waals surface area contributed by atoms with E-state index in [0.29, 0.717) is 45.3 Å². The molecule has 32 heavy (non-hydrogen) atoms. The molecule has 2 atom stereocenters. The van der Waals surface area contributed by atoms with Gasteiger partial charge in [0, 0.05) is 36.2 Å². The number of fused-ring (bicyclic) bond motifs is 1. The van der Waals surface area contributed by atoms with Crippen LogP contribution in [0.15, 0.2) is 69.2 Å². The summed E-state index contributed by atoms with van der Waals surface area (Å²) in [5, 5.41) is 9.40. The van der Waals surface area contributed by atoms with E-state index in [1.54, 1.807) is 13.1 Å². The first-order valence-corrected chi connectivity index (χ1v) is 10.6. The van der Waals surface area contributed by atoms with E-state index >= 15 is 0 Å². The molecule has 2 aliphatic rings. The lowest BCUT2D eigenvalue weighted by Gasteiger charge is -2.33. The Morgan fingerprint density at radius 2 is 1.94 bits per heavy atom. The molecule has 0 saturated heterocycles. The van der Waals surface area contributed by atoms with Crippen molar-refractivity contribution in [2.24, 2.45) is 10.9 Å². The molecule has 3 N–H and O–H groups in total. The highest BCUT2D eigenvalue weighted by molar-refractivity contribution is 6.31. The van der Waals surface area contributed by atoms with E-state index in [2.05, 4.69) is 20.9 Å². The van der Waals surface area contributed by atoms with Crippen LogP contribution >= 0.6 is 11.6 Å². The molecule has 1 aromatic heterocycles. The lowest BCUT2D eigenvalue weighted by Crippen LogP contribution is -2.42. The number of halogens is 1. The molecule has 0 bridgehead atoms. The Morgan fingerprint density at radius 3 is 2.72 bits per heavy atom. The number of Topliss-reactive ketones (excluding diaryl/α,β-unsaturated/α-hetero) is 1. The number of anilines is 1. The number of aliphatic imine (C=N–C) groups is 1. The standard InChI is InChI=1S/C23H20ClN5O3/c1-25-21(31)12-10-16-19(17(30)11-12)20(13-6-2-3-7-14(13)24)28-22(26-16)29-23-27-15-8-4-5-9-18(15)32-23/h2-9,12,20H,10-11H2,1H3,(H,25,31)(H2,26,27,28,29). The van der Waals surface area contributed by atoms with E-state index in [-0.39, 0.29) is 24.1 Å². The summed E-state index contributed by atoms with van der Waals surface area (Å²) in [7, 11) is 1.57. The van der Waals surface area contributed by atoms with Crippen LogP contribution in [-0.2, 0) is 9.59 Å². The van der Waals surface area contributed by atoms with Crippen LogP contribution in [0.3, 0.4) is 0 Å². The number of carbonyl (C=O) groups excluding carboxylic acids is 2. The number of nitrogens with zero attached hydrogens (tertiary/aromatic N) is 2. The Kier molecular flexibility index (Phi) is 5.14. The third-order valence-corrected chi connectivity index (χ3v) is 5.99. The van der Waals surface area contributed by atoms with Crippen LogP contribution in [0.25, 0.3) is 11.1 Å². The Balaban J connectivity index is 1.54. The molecule has 0 fully saturated rings. The fraction of sp³-hybridized carbons (Fsp3) is 0.217. The second-order valence-electron chi connectivity index (χ2n) is 7.67. The number of para-hydroxylation sites is 2. The molecule has 8 nitrogen and oxygen atoms in total. The fourth-order valence-corrected chi connectivity index (χ4v) is 4.38. The number of guanidine groups is 1. The predicted octanol–water partition coefficient (Wildman–Crippen LogP) is 3.57. The summed E-state index contributed by atoms with van der Waals surface area (Å²) < 4.78 is 5.75. The summed E-state index contributed by atoms with van der Waals surface area (Å²) in [6.07, 6.45) is 0.514. The zero-order chi connectivity index (χ0) is 22.2. The van der Waals surface area contributed by atoms with Crippen LogP contribution in [-0.4, -0.2) is 29.7 Å². The number of rotatable bonds is 3. The van der Waals surface area contributed by atoms with Gasteiger partial charge in [-0.25, -0.2) is 4.99 Å². The molecule has 1 aliphatic carbocycles. The van der Waals surface area contributed by atoms with Crippen molar-refractivity contribution in [3.8, 4) is 0 Å². The number of aromatic nitrogens is 1. The van der Waals surface area contributed by atoms with Crippen LogP contribution < -0.4 is 16.0 Å². The molecule has 2 aromatic carbocycles. The maximum absolute atomic E-state index is 13.1. The van der Waals surface area contributed by atoms with Crippen molar-refractivity contribution in [1.82, 2.24) is 15.6 Å². The molecule has 1 amide bonds. The topological polar surface area (TPSA) is 109 Å². The molecule has 0 spiro atoms. The van der Waals surface area contributed by atoms with Crippen molar-refractivity contribution >= 4 is 46.4 Å². The fourth-order valence-electron chi connectivity index (χ4n) is 4.14. The van der Waals surface area contributed by atoms with Crippen LogP contribution in [0.5, 0.6) is 0 Å². The molecule has 1 aliphatic heterocycles. The highest BCUT2D eigenvalue weighted by Gasteiger charge is 2.39. The Labute approximate surface area is 188 Å². The minimum atomic E-state index is -0.607. The van der Waals surface area contributed by atoms with Crippen LogP contribution in [0.2, 0.25) is 5.02 Å². The lowest BCUT2D eigenvalue weighted by molar-refractivity contribution is -0.128. The SMILES string of the molecule is CNC(=O)C1CC(=O)C2=C(C1)NC(Nc1nc3ccccc3o1)=NC2c1ccccc1Cl. The van der Waals surface area contributed by atoms with Gasteiger partial charge in [0.25, 0.3) is 0 Å². The van der Waals surface area contributed by atoms with Crippen LogP contribution in [0, 0.1) is 5.92 Å². The minimum Gasteiger partial charge on any atom is -0.423 e. The van der Waals surface area contributed by atoms with Gasteiger partial charge in [-0.1, -0.05) is 41.9 Å². The smallest absolute Gasteiger partial charge is 0.302 e. The summed E-state index contributed by atoms with van der Waals surface area (Å²) in [6.45, 7) is 0. The average Bonchev–Trinajstić information content (AvgIpc) is 3.20. The molecule has 2 unspecified atom stereocenters. The van der Waals surface area contributed by atoms with E-state index in [4.69, 9.17) is 21.0 Å². The van der Waals surface area contributed by atoms with Crippen LogP contribution in [0.1, 0.15) is 24.4 Å². The van der Waals surface area contributed by atoms with Gasteiger partial charge in [-0.05, 0) is 23.8 Å². The van der Waals surface area contributed by atoms with Crippen molar-refractivity contribution in [3.63, 3.8) is 0 Å². The zero-order valence-electron chi connectivity index (χ0n) is 17.2. The molecule has 5 rings (SSSR count). The maximum atomic E-state index is 13.1. The number of hydrogen-bond donors (Lipinski definition) is 3. The number of amides is 1. The molecular weight excluding hydrogens is 430 g/mol. The minimum absolute atomic E-state index is 0.123. The van der Waals surface area contributed by atoms with E-state index in [9.17, 15) is 9.59 Å². The van der Waals surface area contributed by atoms with E-state index in [0.717, 1.165) is 0 Å². The maximum Gasteiger partial charge on any atom is 0.302 e. The van der Waals surface area contributed by atoms with Gasteiger partial charge in [-0.2, -0.15) is 4.98 Å². The number of ketones is 1. The number of benzene rings is 2. The van der Waals surface area contributed by atoms with E-state index in [1.807, 2.05) is 42.5 Å². The van der Waals surface area contributed by atoms with Gasteiger partial charge in [-0.15, -0.1) is 0 Å². The first-order chi connectivity index (χ1) is 15.5. The molecular formula is C23H20ClN5O3. The Hall–Kier alpha value is -3.65. The molecule has 0 radical (unpaired) electrons. The van der Waals surface area contributed by atoms with Gasteiger partial charge >= 0.3 is 6.01 Å². The largest absolute Gasteiger partial charge is 0.423 e. The van der Waals surface area contributed by atoms with Gasteiger partial charge in [0.15, 0.2) is 11.4 Å². The number of carbonyl (C=O) groups is 2. The normalized spacial score (nSPS) is 20.4.